The summed E-state index contributed by atoms with van der Waals surface area (Å²) in [6.45, 7) is 2.73. The minimum absolute atomic E-state index is 0.0951. The fourth-order valence-electron chi connectivity index (χ4n) is 2.59. The van der Waals surface area contributed by atoms with Crippen LogP contribution in [-0.4, -0.2) is 40.7 Å². The number of methoxy groups -OCH3 is 2. The van der Waals surface area contributed by atoms with E-state index in [0.717, 1.165) is 5.56 Å². The molecule has 0 saturated carbocycles. The Kier molecular flexibility index (Phi) is 6.59. The average Bonchev–Trinajstić information content (AvgIpc) is 3.39. The number of furan rings is 1. The Bertz CT molecular complexity index is 924. The van der Waals surface area contributed by atoms with Crippen molar-refractivity contribution in [2.24, 2.45) is 0 Å². The van der Waals surface area contributed by atoms with Crippen LogP contribution in [-0.2, 0) is 22.7 Å². The summed E-state index contributed by atoms with van der Waals surface area (Å²) < 4.78 is 23.1. The monoisotopic (exact) mass is 403 g/mol. The summed E-state index contributed by atoms with van der Waals surface area (Å²) in [7, 11) is 3.15. The largest absolute Gasteiger partial charge is 0.497 e. The van der Waals surface area contributed by atoms with Crippen molar-refractivity contribution >= 4 is 17.7 Å². The predicted molar refractivity (Wildman–Crippen MR) is 103 cm³/mol. The molecule has 1 aromatic carbocycles. The van der Waals surface area contributed by atoms with E-state index in [4.69, 9.17) is 18.6 Å². The third-order valence-corrected chi connectivity index (χ3v) is 4.91. The van der Waals surface area contributed by atoms with E-state index in [1.165, 1.54) is 11.8 Å². The lowest BCUT2D eigenvalue weighted by molar-refractivity contribution is -0.141. The summed E-state index contributed by atoms with van der Waals surface area (Å²) in [6, 6.07) is 8.95. The molecule has 3 rings (SSSR count). The molecule has 9 heteroatoms. The molecule has 28 heavy (non-hydrogen) atoms. The molecule has 0 amide bonds. The van der Waals surface area contributed by atoms with Gasteiger partial charge in [-0.3, -0.25) is 9.36 Å². The Labute approximate surface area is 166 Å². The number of carbonyl (C=O) groups is 1. The second-order valence-corrected chi connectivity index (χ2v) is 6.60. The van der Waals surface area contributed by atoms with Gasteiger partial charge in [0.1, 0.15) is 18.1 Å². The quantitative estimate of drug-likeness (QED) is 0.397. The number of hydrogen-bond acceptors (Lipinski definition) is 8. The number of nitrogens with zero attached hydrogens (tertiary/aromatic N) is 3. The molecule has 0 bridgehead atoms. The molecule has 2 heterocycles. The van der Waals surface area contributed by atoms with Gasteiger partial charge in [-0.2, -0.15) is 0 Å². The molecule has 3 aromatic rings. The van der Waals surface area contributed by atoms with Gasteiger partial charge in [0.25, 0.3) is 0 Å². The molecule has 0 atom stereocenters. The van der Waals surface area contributed by atoms with Gasteiger partial charge in [-0.1, -0.05) is 11.8 Å². The minimum atomic E-state index is -0.361. The molecule has 0 fully saturated rings. The van der Waals surface area contributed by atoms with E-state index < -0.39 is 0 Å². The zero-order valence-electron chi connectivity index (χ0n) is 15.9. The molecule has 0 radical (unpaired) electrons. The SMILES string of the molecule is CCn1c(SCC(=O)OCc2cc(OC)ccc2OC)nnc1-c1ccco1. The van der Waals surface area contributed by atoms with E-state index in [1.807, 2.05) is 17.6 Å². The van der Waals surface area contributed by atoms with E-state index >= 15 is 0 Å². The molecular formula is C19H21N3O5S. The number of rotatable bonds is 9. The Hall–Kier alpha value is -2.94. The average molecular weight is 403 g/mol. The van der Waals surface area contributed by atoms with Gasteiger partial charge < -0.3 is 18.6 Å². The van der Waals surface area contributed by atoms with Crippen molar-refractivity contribution in [2.75, 3.05) is 20.0 Å². The van der Waals surface area contributed by atoms with Gasteiger partial charge in [0, 0.05) is 12.1 Å². The normalized spacial score (nSPS) is 10.7. The molecule has 0 saturated heterocycles. The zero-order valence-corrected chi connectivity index (χ0v) is 16.7. The zero-order chi connectivity index (χ0) is 19.9. The number of esters is 1. The van der Waals surface area contributed by atoms with E-state index in [-0.39, 0.29) is 18.3 Å². The second kappa shape index (κ2) is 9.32. The summed E-state index contributed by atoms with van der Waals surface area (Å²) in [5.41, 5.74) is 0.733. The van der Waals surface area contributed by atoms with Gasteiger partial charge >= 0.3 is 5.97 Å². The van der Waals surface area contributed by atoms with Gasteiger partial charge in [0.2, 0.25) is 0 Å². The maximum Gasteiger partial charge on any atom is 0.316 e. The summed E-state index contributed by atoms with van der Waals surface area (Å²) in [4.78, 5) is 12.2. The summed E-state index contributed by atoms with van der Waals surface area (Å²) in [5, 5.41) is 8.94. The number of benzene rings is 1. The minimum Gasteiger partial charge on any atom is -0.497 e. The summed E-state index contributed by atoms with van der Waals surface area (Å²) in [5.74, 6) is 2.32. The molecule has 0 spiro atoms. The Morgan fingerprint density at radius 1 is 1.21 bits per heavy atom. The van der Waals surface area contributed by atoms with Gasteiger partial charge in [-0.05, 0) is 37.3 Å². The molecular weight excluding hydrogens is 382 g/mol. The van der Waals surface area contributed by atoms with Crippen LogP contribution in [0, 0.1) is 0 Å². The van der Waals surface area contributed by atoms with E-state index in [2.05, 4.69) is 10.2 Å². The van der Waals surface area contributed by atoms with Crippen molar-refractivity contribution in [1.82, 2.24) is 14.8 Å². The smallest absolute Gasteiger partial charge is 0.316 e. The lowest BCUT2D eigenvalue weighted by Crippen LogP contribution is -2.09. The van der Waals surface area contributed by atoms with Crippen LogP contribution in [0.5, 0.6) is 11.5 Å². The van der Waals surface area contributed by atoms with Crippen molar-refractivity contribution in [3.8, 4) is 23.1 Å². The van der Waals surface area contributed by atoms with Gasteiger partial charge in [0.05, 0.1) is 26.2 Å². The van der Waals surface area contributed by atoms with Crippen molar-refractivity contribution in [3.63, 3.8) is 0 Å². The van der Waals surface area contributed by atoms with Crippen LogP contribution in [0.25, 0.3) is 11.6 Å². The maximum absolute atomic E-state index is 12.2. The summed E-state index contributed by atoms with van der Waals surface area (Å²) in [6.07, 6.45) is 1.58. The Balaban J connectivity index is 1.60. The number of aromatic nitrogens is 3. The van der Waals surface area contributed by atoms with Crippen LogP contribution in [0.4, 0.5) is 0 Å². The van der Waals surface area contributed by atoms with Crippen molar-refractivity contribution in [3.05, 3.63) is 42.2 Å². The first-order chi connectivity index (χ1) is 13.7. The van der Waals surface area contributed by atoms with Crippen LogP contribution < -0.4 is 9.47 Å². The second-order valence-electron chi connectivity index (χ2n) is 5.65. The number of hydrogen-bond donors (Lipinski definition) is 0. The third kappa shape index (κ3) is 4.48. The van der Waals surface area contributed by atoms with Crippen LogP contribution in [0.2, 0.25) is 0 Å². The van der Waals surface area contributed by atoms with E-state index in [9.17, 15) is 4.79 Å². The predicted octanol–water partition coefficient (Wildman–Crippen LogP) is 3.41. The molecule has 0 aliphatic heterocycles. The molecule has 0 unspecified atom stereocenters. The number of carbonyl (C=O) groups excluding carboxylic acids is 1. The van der Waals surface area contributed by atoms with Crippen LogP contribution in [0.3, 0.4) is 0 Å². The number of ether oxygens (including phenoxy) is 3. The Morgan fingerprint density at radius 3 is 2.75 bits per heavy atom. The lowest BCUT2D eigenvalue weighted by Gasteiger charge is -2.11. The molecule has 2 aromatic heterocycles. The standard InChI is InChI=1S/C19H21N3O5S/c1-4-22-18(16-6-5-9-26-16)20-21-19(22)28-12-17(23)27-11-13-10-14(24-2)7-8-15(13)25-3/h5-10H,4,11-12H2,1-3H3. The maximum atomic E-state index is 12.2. The molecule has 0 aliphatic rings. The Morgan fingerprint density at radius 2 is 2.07 bits per heavy atom. The highest BCUT2D eigenvalue weighted by Crippen LogP contribution is 2.26. The first-order valence-electron chi connectivity index (χ1n) is 8.62. The lowest BCUT2D eigenvalue weighted by atomic mass is 10.2. The van der Waals surface area contributed by atoms with Gasteiger partial charge in [0.15, 0.2) is 16.7 Å². The van der Waals surface area contributed by atoms with Gasteiger partial charge in [-0.15, -0.1) is 10.2 Å². The highest BCUT2D eigenvalue weighted by molar-refractivity contribution is 7.99. The first-order valence-corrected chi connectivity index (χ1v) is 9.61. The molecule has 0 aliphatic carbocycles. The van der Waals surface area contributed by atoms with Crippen molar-refractivity contribution < 1.29 is 23.4 Å². The van der Waals surface area contributed by atoms with E-state index in [0.29, 0.717) is 34.8 Å². The highest BCUT2D eigenvalue weighted by atomic mass is 32.2. The van der Waals surface area contributed by atoms with Crippen LogP contribution in [0.1, 0.15) is 12.5 Å². The fraction of sp³-hybridized carbons (Fsp3) is 0.316. The molecule has 8 nitrogen and oxygen atoms in total. The van der Waals surface area contributed by atoms with Crippen LogP contribution >= 0.6 is 11.8 Å². The van der Waals surface area contributed by atoms with E-state index in [1.54, 1.807) is 44.7 Å². The first kappa shape index (κ1) is 19.8. The van der Waals surface area contributed by atoms with Gasteiger partial charge in [-0.25, -0.2) is 0 Å². The number of thioether (sulfide) groups is 1. The highest BCUT2D eigenvalue weighted by Gasteiger charge is 2.17. The molecule has 148 valence electrons. The summed E-state index contributed by atoms with van der Waals surface area (Å²) >= 11 is 1.27. The van der Waals surface area contributed by atoms with Crippen LogP contribution in [0.15, 0.2) is 46.2 Å². The fourth-order valence-corrected chi connectivity index (χ4v) is 3.39. The molecule has 0 N–H and O–H groups in total. The topological polar surface area (TPSA) is 88.6 Å². The van der Waals surface area contributed by atoms with Crippen molar-refractivity contribution in [1.29, 1.82) is 0 Å². The van der Waals surface area contributed by atoms with Crippen molar-refractivity contribution in [2.45, 2.75) is 25.2 Å². The third-order valence-electron chi connectivity index (χ3n) is 3.97.